The molecular formula is C17H34N2. The van der Waals surface area contributed by atoms with E-state index in [1.54, 1.807) is 0 Å². The van der Waals surface area contributed by atoms with Crippen LogP contribution in [0.5, 0.6) is 0 Å². The lowest BCUT2D eigenvalue weighted by molar-refractivity contribution is 0.452. The van der Waals surface area contributed by atoms with E-state index >= 15 is 0 Å². The number of nitriles is 1. The van der Waals surface area contributed by atoms with E-state index in [0.29, 0.717) is 6.04 Å². The smallest absolute Gasteiger partial charge is 0.176 e. The summed E-state index contributed by atoms with van der Waals surface area (Å²) in [6.07, 6.45) is 19.2. The minimum Gasteiger partial charge on any atom is -0.321 e. The van der Waals surface area contributed by atoms with Crippen LogP contribution in [0.25, 0.3) is 0 Å². The first-order chi connectivity index (χ1) is 9.35. The summed E-state index contributed by atoms with van der Waals surface area (Å²) in [5, 5.41) is 11.8. The maximum absolute atomic E-state index is 8.78. The summed E-state index contributed by atoms with van der Waals surface area (Å²) in [6, 6.07) is 0.428. The van der Waals surface area contributed by atoms with Gasteiger partial charge in [-0.1, -0.05) is 84.5 Å². The predicted molar refractivity (Wildman–Crippen MR) is 83.9 cm³/mol. The molecule has 0 radical (unpaired) electrons. The topological polar surface area (TPSA) is 35.8 Å². The Morgan fingerprint density at radius 3 is 1.63 bits per heavy atom. The molecule has 0 heterocycles. The largest absolute Gasteiger partial charge is 0.321 e. The molecule has 0 rings (SSSR count). The second kappa shape index (κ2) is 15.3. The van der Waals surface area contributed by atoms with Gasteiger partial charge in [0.05, 0.1) is 0 Å². The van der Waals surface area contributed by atoms with Crippen molar-refractivity contribution in [2.75, 3.05) is 0 Å². The Balaban J connectivity index is 3.45. The summed E-state index contributed by atoms with van der Waals surface area (Å²) in [5.41, 5.74) is 0. The fourth-order valence-corrected chi connectivity index (χ4v) is 2.55. The third kappa shape index (κ3) is 13.5. The second-order valence-electron chi connectivity index (χ2n) is 5.71. The standard InChI is InChI=1S/C17H34N2/c1-3-5-7-9-10-11-13-15-17(19-16-18)14-12-8-6-4-2/h17,19H,3-15H2,1-2H3. The molecule has 1 atom stereocenters. The summed E-state index contributed by atoms with van der Waals surface area (Å²) >= 11 is 0. The van der Waals surface area contributed by atoms with Crippen molar-refractivity contribution in [1.82, 2.24) is 5.32 Å². The van der Waals surface area contributed by atoms with Crippen LogP contribution in [-0.2, 0) is 0 Å². The number of hydrogen-bond acceptors (Lipinski definition) is 2. The van der Waals surface area contributed by atoms with Crippen LogP contribution in [0.1, 0.15) is 97.3 Å². The molecule has 0 saturated heterocycles. The van der Waals surface area contributed by atoms with Gasteiger partial charge in [-0.2, -0.15) is 5.26 Å². The highest BCUT2D eigenvalue weighted by Crippen LogP contribution is 2.13. The highest BCUT2D eigenvalue weighted by molar-refractivity contribution is 4.76. The highest BCUT2D eigenvalue weighted by atomic mass is 14.9. The van der Waals surface area contributed by atoms with E-state index in [1.807, 2.05) is 0 Å². The number of unbranched alkanes of at least 4 members (excludes halogenated alkanes) is 9. The molecule has 112 valence electrons. The molecule has 0 amide bonds. The fourth-order valence-electron chi connectivity index (χ4n) is 2.55. The minimum absolute atomic E-state index is 0.428. The third-order valence-corrected chi connectivity index (χ3v) is 3.83. The Hall–Kier alpha value is -0.710. The van der Waals surface area contributed by atoms with Gasteiger partial charge in [-0.25, -0.2) is 0 Å². The van der Waals surface area contributed by atoms with Crippen LogP contribution in [0.3, 0.4) is 0 Å². The first kappa shape index (κ1) is 18.3. The SMILES string of the molecule is CCCCCCCCCC(CCCCCC)NC#N. The number of nitrogens with zero attached hydrogens (tertiary/aromatic N) is 1. The van der Waals surface area contributed by atoms with Gasteiger partial charge < -0.3 is 5.32 Å². The van der Waals surface area contributed by atoms with Gasteiger partial charge in [-0.05, 0) is 12.8 Å². The van der Waals surface area contributed by atoms with Crippen molar-refractivity contribution in [2.24, 2.45) is 0 Å². The Bertz CT molecular complexity index is 208. The number of hydrogen-bond donors (Lipinski definition) is 1. The normalized spacial score (nSPS) is 12.1. The van der Waals surface area contributed by atoms with Crippen molar-refractivity contribution in [3.8, 4) is 6.19 Å². The van der Waals surface area contributed by atoms with Crippen molar-refractivity contribution in [1.29, 1.82) is 5.26 Å². The van der Waals surface area contributed by atoms with Crippen LogP contribution in [0.2, 0.25) is 0 Å². The van der Waals surface area contributed by atoms with E-state index in [2.05, 4.69) is 25.4 Å². The van der Waals surface area contributed by atoms with Crippen LogP contribution < -0.4 is 5.32 Å². The van der Waals surface area contributed by atoms with Gasteiger partial charge in [0.2, 0.25) is 0 Å². The van der Waals surface area contributed by atoms with Crippen molar-refractivity contribution >= 4 is 0 Å². The molecule has 1 unspecified atom stereocenters. The molecule has 0 aromatic heterocycles. The Kier molecular flexibility index (Phi) is 14.8. The van der Waals surface area contributed by atoms with Crippen molar-refractivity contribution < 1.29 is 0 Å². The average molecular weight is 266 g/mol. The molecule has 2 nitrogen and oxygen atoms in total. The average Bonchev–Trinajstić information content (AvgIpc) is 2.42. The second-order valence-corrected chi connectivity index (χ2v) is 5.71. The number of nitrogens with one attached hydrogen (secondary N) is 1. The zero-order valence-corrected chi connectivity index (χ0v) is 13.2. The van der Waals surface area contributed by atoms with Gasteiger partial charge in [-0.3, -0.25) is 0 Å². The Morgan fingerprint density at radius 2 is 1.16 bits per heavy atom. The molecule has 0 fully saturated rings. The quantitative estimate of drug-likeness (QED) is 0.255. The number of rotatable bonds is 14. The molecule has 1 N–H and O–H groups in total. The molecule has 0 aliphatic heterocycles. The molecule has 0 aliphatic carbocycles. The van der Waals surface area contributed by atoms with Gasteiger partial charge in [0.25, 0.3) is 0 Å². The van der Waals surface area contributed by atoms with E-state index in [0.717, 1.165) is 0 Å². The van der Waals surface area contributed by atoms with E-state index in [4.69, 9.17) is 5.26 Å². The third-order valence-electron chi connectivity index (χ3n) is 3.83. The van der Waals surface area contributed by atoms with E-state index < -0.39 is 0 Å². The van der Waals surface area contributed by atoms with Gasteiger partial charge >= 0.3 is 0 Å². The predicted octanol–water partition coefficient (Wildman–Crippen LogP) is 5.54. The first-order valence-corrected chi connectivity index (χ1v) is 8.49. The van der Waals surface area contributed by atoms with Crippen molar-refractivity contribution in [3.05, 3.63) is 0 Å². The lowest BCUT2D eigenvalue weighted by Crippen LogP contribution is -2.24. The summed E-state index contributed by atoms with van der Waals surface area (Å²) < 4.78 is 0. The molecule has 0 saturated carbocycles. The van der Waals surface area contributed by atoms with Gasteiger partial charge in [-0.15, -0.1) is 0 Å². The van der Waals surface area contributed by atoms with Crippen LogP contribution in [-0.4, -0.2) is 6.04 Å². The Labute approximate surface area is 121 Å². The molecular weight excluding hydrogens is 232 g/mol. The highest BCUT2D eigenvalue weighted by Gasteiger charge is 2.06. The van der Waals surface area contributed by atoms with Crippen molar-refractivity contribution in [3.63, 3.8) is 0 Å². The fraction of sp³-hybridized carbons (Fsp3) is 0.941. The lowest BCUT2D eigenvalue weighted by Gasteiger charge is -2.14. The molecule has 0 aliphatic rings. The summed E-state index contributed by atoms with van der Waals surface area (Å²) in [5.74, 6) is 0. The maximum atomic E-state index is 8.78. The lowest BCUT2D eigenvalue weighted by atomic mass is 10.0. The van der Waals surface area contributed by atoms with Crippen LogP contribution in [0, 0.1) is 11.5 Å². The molecule has 2 heteroatoms. The minimum atomic E-state index is 0.428. The summed E-state index contributed by atoms with van der Waals surface area (Å²) in [4.78, 5) is 0. The molecule has 0 bridgehead atoms. The Morgan fingerprint density at radius 1 is 0.737 bits per heavy atom. The van der Waals surface area contributed by atoms with Gasteiger partial charge in [0.15, 0.2) is 6.19 Å². The summed E-state index contributed by atoms with van der Waals surface area (Å²) in [6.45, 7) is 4.50. The monoisotopic (exact) mass is 266 g/mol. The van der Waals surface area contributed by atoms with E-state index in [9.17, 15) is 0 Å². The zero-order valence-electron chi connectivity index (χ0n) is 13.2. The molecule has 19 heavy (non-hydrogen) atoms. The van der Waals surface area contributed by atoms with Crippen LogP contribution >= 0.6 is 0 Å². The van der Waals surface area contributed by atoms with E-state index in [1.165, 1.54) is 83.5 Å². The zero-order chi connectivity index (χ0) is 14.2. The van der Waals surface area contributed by atoms with Crippen LogP contribution in [0.4, 0.5) is 0 Å². The van der Waals surface area contributed by atoms with Gasteiger partial charge in [0.1, 0.15) is 0 Å². The first-order valence-electron chi connectivity index (χ1n) is 8.49. The van der Waals surface area contributed by atoms with Gasteiger partial charge in [0, 0.05) is 6.04 Å². The van der Waals surface area contributed by atoms with Crippen molar-refractivity contribution in [2.45, 2.75) is 103 Å². The summed E-state index contributed by atoms with van der Waals surface area (Å²) in [7, 11) is 0. The maximum Gasteiger partial charge on any atom is 0.176 e. The molecule has 0 spiro atoms. The molecule has 0 aromatic rings. The van der Waals surface area contributed by atoms with E-state index in [-0.39, 0.29) is 0 Å². The molecule has 0 aromatic carbocycles. The van der Waals surface area contributed by atoms with Crippen LogP contribution in [0.15, 0.2) is 0 Å².